The fourth-order valence-electron chi connectivity index (χ4n) is 5.14. The highest BCUT2D eigenvalue weighted by Crippen LogP contribution is 2.29. The first-order valence-electron chi connectivity index (χ1n) is 13.8. The number of amides is 1. The molecule has 2 aromatic carbocycles. The molecule has 242 valence electrons. The maximum absolute atomic E-state index is 14.2. The van der Waals surface area contributed by atoms with Gasteiger partial charge in [-0.1, -0.05) is 35.3 Å². The molecule has 3 heterocycles. The topological polar surface area (TPSA) is 121 Å². The first-order chi connectivity index (χ1) is 21.7. The molecule has 0 unspecified atom stereocenters. The van der Waals surface area contributed by atoms with E-state index < -0.39 is 35.7 Å². The van der Waals surface area contributed by atoms with E-state index in [0.29, 0.717) is 27.4 Å². The van der Waals surface area contributed by atoms with Crippen LogP contribution in [0.4, 0.5) is 19.1 Å². The second-order valence-electron chi connectivity index (χ2n) is 10.6. The van der Waals surface area contributed by atoms with Gasteiger partial charge in [0.2, 0.25) is 5.95 Å². The molecule has 4 aromatic rings. The van der Waals surface area contributed by atoms with Gasteiger partial charge in [-0.15, -0.1) is 13.2 Å². The van der Waals surface area contributed by atoms with Crippen LogP contribution in [0.3, 0.4) is 0 Å². The van der Waals surface area contributed by atoms with E-state index in [0.717, 1.165) is 0 Å². The Kier molecular flexibility index (Phi) is 9.05. The van der Waals surface area contributed by atoms with E-state index in [1.54, 1.807) is 24.9 Å². The summed E-state index contributed by atoms with van der Waals surface area (Å²) in [4.78, 5) is 46.3. The lowest BCUT2D eigenvalue weighted by atomic mass is 9.98. The van der Waals surface area contributed by atoms with Crippen molar-refractivity contribution < 1.29 is 32.2 Å². The minimum absolute atomic E-state index is 0.00298. The van der Waals surface area contributed by atoms with Crippen molar-refractivity contribution in [1.82, 2.24) is 24.2 Å². The van der Waals surface area contributed by atoms with Crippen molar-refractivity contribution in [3.63, 3.8) is 0 Å². The van der Waals surface area contributed by atoms with E-state index in [9.17, 15) is 27.6 Å². The number of hydrogen-bond donors (Lipinski definition) is 1. The van der Waals surface area contributed by atoms with E-state index in [4.69, 9.17) is 32.9 Å². The summed E-state index contributed by atoms with van der Waals surface area (Å²) >= 11 is 12.2. The standard InChI is InChI=1S/C30H27Cl2F3N6O5/c1-15-11-20-24(14-40(15)26(42)18-7-10-21(31)22(32)12-18)37-29(36-16(2)17-5-8-19(9-6-17)46-30(33,34)35)41(27(20)43)25-13-23(28(44)45-4)38-39(25)3/h5-10,12-13,15-16H,11,14H2,1-4H3,(H,36,37)/t15-,16+/m1/s1. The minimum atomic E-state index is -4.84. The largest absolute Gasteiger partial charge is 0.573 e. The molecule has 0 saturated heterocycles. The van der Waals surface area contributed by atoms with E-state index in [1.807, 2.05) is 6.92 Å². The van der Waals surface area contributed by atoms with Gasteiger partial charge in [-0.2, -0.15) is 5.10 Å². The first kappa shape index (κ1) is 32.8. The number of nitrogens with zero attached hydrogens (tertiary/aromatic N) is 5. The molecule has 1 amide bonds. The number of fused-ring (bicyclic) bond motifs is 1. The quantitative estimate of drug-likeness (QED) is 0.247. The van der Waals surface area contributed by atoms with Crippen LogP contribution in [0.1, 0.15) is 57.6 Å². The summed E-state index contributed by atoms with van der Waals surface area (Å²) in [5.74, 6) is -1.19. The molecule has 0 aliphatic carbocycles. The molecule has 5 rings (SSSR count). The van der Waals surface area contributed by atoms with Gasteiger partial charge in [0.05, 0.1) is 35.4 Å². The molecule has 1 aliphatic heterocycles. The highest BCUT2D eigenvalue weighted by Gasteiger charge is 2.33. The Hall–Kier alpha value is -4.56. The molecule has 2 aromatic heterocycles. The van der Waals surface area contributed by atoms with Gasteiger partial charge in [-0.25, -0.2) is 14.3 Å². The van der Waals surface area contributed by atoms with Crippen molar-refractivity contribution in [3.8, 4) is 11.6 Å². The van der Waals surface area contributed by atoms with Crippen molar-refractivity contribution in [1.29, 1.82) is 0 Å². The number of rotatable bonds is 7. The van der Waals surface area contributed by atoms with Crippen molar-refractivity contribution in [2.24, 2.45) is 7.05 Å². The molecule has 0 radical (unpaired) electrons. The van der Waals surface area contributed by atoms with E-state index in [1.165, 1.54) is 58.8 Å². The Bertz CT molecular complexity index is 1880. The van der Waals surface area contributed by atoms with Gasteiger partial charge in [0.25, 0.3) is 11.5 Å². The maximum atomic E-state index is 14.2. The molecular formula is C30H27Cl2F3N6O5. The van der Waals surface area contributed by atoms with Gasteiger partial charge < -0.3 is 19.7 Å². The zero-order chi connectivity index (χ0) is 33.5. The van der Waals surface area contributed by atoms with Crippen LogP contribution in [0.5, 0.6) is 5.75 Å². The molecule has 1 N–H and O–H groups in total. The number of carbonyl (C=O) groups excluding carboxylic acids is 2. The number of alkyl halides is 3. The number of aromatic nitrogens is 4. The SMILES string of the molecule is COC(=O)c1cc(-n2c(N[C@@H](C)c3ccc(OC(F)(F)F)cc3)nc3c(c2=O)C[C@@H](C)N(C(=O)c2ccc(Cl)c(Cl)c2)C3)n(C)n1. The van der Waals surface area contributed by atoms with Gasteiger partial charge in [0, 0.05) is 30.3 Å². The summed E-state index contributed by atoms with van der Waals surface area (Å²) in [7, 11) is 2.75. The average molecular weight is 679 g/mol. The first-order valence-corrected chi connectivity index (χ1v) is 14.6. The Labute approximate surface area is 270 Å². The normalized spacial score (nSPS) is 15.2. The summed E-state index contributed by atoms with van der Waals surface area (Å²) in [6.45, 7) is 3.53. The predicted octanol–water partition coefficient (Wildman–Crippen LogP) is 5.72. The monoisotopic (exact) mass is 678 g/mol. The number of benzene rings is 2. The number of carbonyl (C=O) groups is 2. The molecule has 0 spiro atoms. The number of ether oxygens (including phenoxy) is 2. The van der Waals surface area contributed by atoms with Gasteiger partial charge in [0.15, 0.2) is 5.69 Å². The fourth-order valence-corrected chi connectivity index (χ4v) is 5.44. The zero-order valence-electron chi connectivity index (χ0n) is 24.9. The lowest BCUT2D eigenvalue weighted by molar-refractivity contribution is -0.274. The number of esters is 1. The summed E-state index contributed by atoms with van der Waals surface area (Å²) in [5, 5.41) is 7.86. The molecule has 46 heavy (non-hydrogen) atoms. The molecule has 0 saturated carbocycles. The summed E-state index contributed by atoms with van der Waals surface area (Å²) in [6, 6.07) is 10.2. The van der Waals surface area contributed by atoms with E-state index >= 15 is 0 Å². The third-order valence-corrected chi connectivity index (χ3v) is 8.22. The Morgan fingerprint density at radius 2 is 1.78 bits per heavy atom. The van der Waals surface area contributed by atoms with Crippen molar-refractivity contribution in [2.75, 3.05) is 12.4 Å². The second-order valence-corrected chi connectivity index (χ2v) is 11.4. The molecule has 2 atom stereocenters. The van der Waals surface area contributed by atoms with Crippen molar-refractivity contribution in [3.05, 3.63) is 97.0 Å². The molecule has 11 nitrogen and oxygen atoms in total. The van der Waals surface area contributed by atoms with Crippen LogP contribution in [-0.2, 0) is 24.8 Å². The number of nitrogens with one attached hydrogen (secondary N) is 1. The van der Waals surface area contributed by atoms with E-state index in [-0.39, 0.29) is 41.4 Å². The fraction of sp³-hybridized carbons (Fsp3) is 0.300. The minimum Gasteiger partial charge on any atom is -0.464 e. The number of halogens is 5. The van der Waals surface area contributed by atoms with Crippen LogP contribution in [-0.4, -0.2) is 55.6 Å². The third kappa shape index (κ3) is 6.67. The summed E-state index contributed by atoms with van der Waals surface area (Å²) < 4.78 is 49.3. The van der Waals surface area contributed by atoms with E-state index in [2.05, 4.69) is 15.2 Å². The Morgan fingerprint density at radius 1 is 1.09 bits per heavy atom. The molecule has 0 bridgehead atoms. The Balaban J connectivity index is 1.56. The van der Waals surface area contributed by atoms with Gasteiger partial charge in [-0.05, 0) is 56.2 Å². The summed E-state index contributed by atoms with van der Waals surface area (Å²) in [5.41, 5.74) is 1.06. The highest BCUT2D eigenvalue weighted by molar-refractivity contribution is 6.42. The maximum Gasteiger partial charge on any atom is 0.573 e. The van der Waals surface area contributed by atoms with Crippen LogP contribution < -0.4 is 15.6 Å². The van der Waals surface area contributed by atoms with Crippen molar-refractivity contribution in [2.45, 2.75) is 45.3 Å². The third-order valence-electron chi connectivity index (χ3n) is 7.48. The summed E-state index contributed by atoms with van der Waals surface area (Å²) in [6.07, 6.45) is -4.67. The lowest BCUT2D eigenvalue weighted by Crippen LogP contribution is -2.46. The Morgan fingerprint density at radius 3 is 2.41 bits per heavy atom. The van der Waals surface area contributed by atoms with Crippen LogP contribution in [0.2, 0.25) is 10.0 Å². The molecule has 0 fully saturated rings. The number of methoxy groups -OCH3 is 1. The molecular weight excluding hydrogens is 652 g/mol. The lowest BCUT2D eigenvalue weighted by Gasteiger charge is -2.35. The van der Waals surface area contributed by atoms with Crippen molar-refractivity contribution >= 4 is 41.0 Å². The second kappa shape index (κ2) is 12.7. The average Bonchev–Trinajstić information content (AvgIpc) is 3.38. The van der Waals surface area contributed by atoms with Gasteiger partial charge in [-0.3, -0.25) is 14.3 Å². The number of aryl methyl sites for hydroxylation is 1. The molecule has 16 heteroatoms. The van der Waals surface area contributed by atoms with Gasteiger partial charge >= 0.3 is 12.3 Å². The zero-order valence-corrected chi connectivity index (χ0v) is 26.4. The predicted molar refractivity (Wildman–Crippen MR) is 163 cm³/mol. The molecule has 1 aliphatic rings. The van der Waals surface area contributed by atoms with Crippen LogP contribution in [0, 0.1) is 0 Å². The smallest absolute Gasteiger partial charge is 0.464 e. The van der Waals surface area contributed by atoms with Crippen LogP contribution in [0.25, 0.3) is 5.82 Å². The number of hydrogen-bond acceptors (Lipinski definition) is 8. The van der Waals surface area contributed by atoms with Gasteiger partial charge in [0.1, 0.15) is 11.6 Å². The van der Waals surface area contributed by atoms with Crippen LogP contribution >= 0.6 is 23.2 Å². The highest BCUT2D eigenvalue weighted by atomic mass is 35.5. The number of anilines is 1. The van der Waals surface area contributed by atoms with Crippen LogP contribution in [0.15, 0.2) is 53.3 Å².